The maximum absolute atomic E-state index is 6.09. The number of ether oxygens (including phenoxy) is 1. The zero-order valence-electron chi connectivity index (χ0n) is 17.0. The number of hydrogen-bond donors (Lipinski definition) is 1. The lowest BCUT2D eigenvalue weighted by Crippen LogP contribution is -2.25. The van der Waals surface area contributed by atoms with Gasteiger partial charge in [-0.25, -0.2) is 4.68 Å². The van der Waals surface area contributed by atoms with Gasteiger partial charge in [-0.2, -0.15) is 5.10 Å². The van der Waals surface area contributed by atoms with Crippen molar-refractivity contribution in [1.82, 2.24) is 15.1 Å². The van der Waals surface area contributed by atoms with E-state index in [1.807, 2.05) is 47.1 Å². The van der Waals surface area contributed by atoms with Gasteiger partial charge in [-0.05, 0) is 62.2 Å². The Morgan fingerprint density at radius 1 is 1.14 bits per heavy atom. The Hall–Kier alpha value is -2.56. The second-order valence-corrected chi connectivity index (χ2v) is 7.98. The Labute approximate surface area is 177 Å². The number of allylic oxidation sites excluding steroid dienone is 1. The highest BCUT2D eigenvalue weighted by Gasteiger charge is 2.26. The minimum atomic E-state index is 0.349. The lowest BCUT2D eigenvalue weighted by molar-refractivity contribution is 0.414. The van der Waals surface area contributed by atoms with Crippen LogP contribution in [-0.4, -0.2) is 22.9 Å². The van der Waals surface area contributed by atoms with Gasteiger partial charge >= 0.3 is 0 Å². The number of nitrogens with one attached hydrogen (secondary N) is 1. The zero-order chi connectivity index (χ0) is 20.4. The highest BCUT2D eigenvalue weighted by atomic mass is 35.5. The normalized spacial score (nSPS) is 18.3. The van der Waals surface area contributed by atoms with Crippen LogP contribution in [-0.2, 0) is 6.54 Å². The maximum atomic E-state index is 6.09. The number of aryl methyl sites for hydroxylation is 1. The molecular formula is C24H26ClN3O. The quantitative estimate of drug-likeness (QED) is 0.559. The molecule has 1 aliphatic carbocycles. The first kappa shape index (κ1) is 19.7. The third-order valence-corrected chi connectivity index (χ3v) is 5.81. The Balaban J connectivity index is 1.46. The van der Waals surface area contributed by atoms with Crippen LogP contribution < -0.4 is 10.1 Å². The van der Waals surface area contributed by atoms with Crippen LogP contribution in [0.3, 0.4) is 0 Å². The molecule has 5 heteroatoms. The van der Waals surface area contributed by atoms with E-state index in [1.165, 1.54) is 16.8 Å². The molecular weight excluding hydrogens is 382 g/mol. The average Bonchev–Trinajstić information content (AvgIpc) is 3.30. The summed E-state index contributed by atoms with van der Waals surface area (Å²) in [6, 6.07) is 16.4. The third kappa shape index (κ3) is 4.24. The summed E-state index contributed by atoms with van der Waals surface area (Å²) in [6.45, 7) is 5.06. The van der Waals surface area contributed by atoms with Gasteiger partial charge in [-0.1, -0.05) is 35.9 Å². The summed E-state index contributed by atoms with van der Waals surface area (Å²) in [5.41, 5.74) is 5.86. The number of rotatable bonds is 6. The molecule has 0 bridgehead atoms. The van der Waals surface area contributed by atoms with Gasteiger partial charge in [0.1, 0.15) is 5.75 Å². The smallest absolute Gasteiger partial charge is 0.119 e. The van der Waals surface area contributed by atoms with E-state index in [9.17, 15) is 0 Å². The molecule has 3 aromatic rings. The monoisotopic (exact) mass is 407 g/mol. The fraction of sp³-hybridized carbons (Fsp3) is 0.292. The molecule has 4 rings (SSSR count). The number of halogens is 1. The molecule has 1 aliphatic rings. The molecule has 150 valence electrons. The van der Waals surface area contributed by atoms with Crippen molar-refractivity contribution in [2.75, 3.05) is 7.11 Å². The van der Waals surface area contributed by atoms with E-state index in [0.29, 0.717) is 12.0 Å². The van der Waals surface area contributed by atoms with E-state index in [4.69, 9.17) is 21.4 Å². The molecule has 0 saturated carbocycles. The molecule has 2 atom stereocenters. The van der Waals surface area contributed by atoms with Crippen molar-refractivity contribution in [3.63, 3.8) is 0 Å². The SMILES string of the molecule is COc1ccc(-n2nc(C)c([C@@H]3C=C[C@@H](NCc4cccc(Cl)c4)C3)c2C)cc1. The molecule has 0 radical (unpaired) electrons. The molecule has 29 heavy (non-hydrogen) atoms. The van der Waals surface area contributed by atoms with Crippen LogP contribution in [0.15, 0.2) is 60.7 Å². The van der Waals surface area contributed by atoms with Crippen molar-refractivity contribution in [3.8, 4) is 11.4 Å². The number of benzene rings is 2. The van der Waals surface area contributed by atoms with Crippen molar-refractivity contribution in [2.24, 2.45) is 0 Å². The fourth-order valence-electron chi connectivity index (χ4n) is 4.13. The van der Waals surface area contributed by atoms with Gasteiger partial charge in [0, 0.05) is 34.8 Å². The average molecular weight is 408 g/mol. The summed E-state index contributed by atoms with van der Waals surface area (Å²) >= 11 is 6.09. The number of methoxy groups -OCH3 is 1. The van der Waals surface area contributed by atoms with Crippen LogP contribution in [0.25, 0.3) is 5.69 Å². The first-order valence-electron chi connectivity index (χ1n) is 9.92. The molecule has 0 saturated heterocycles. The van der Waals surface area contributed by atoms with E-state index in [2.05, 4.69) is 37.4 Å². The predicted octanol–water partition coefficient (Wildman–Crippen LogP) is 5.35. The van der Waals surface area contributed by atoms with Crippen LogP contribution in [0, 0.1) is 13.8 Å². The molecule has 0 amide bonds. The second kappa shape index (κ2) is 8.44. The molecule has 1 heterocycles. The molecule has 4 nitrogen and oxygen atoms in total. The van der Waals surface area contributed by atoms with Gasteiger partial charge in [0.05, 0.1) is 18.5 Å². The highest BCUT2D eigenvalue weighted by molar-refractivity contribution is 6.30. The molecule has 2 aromatic carbocycles. The summed E-state index contributed by atoms with van der Waals surface area (Å²) in [4.78, 5) is 0. The molecule has 1 aromatic heterocycles. The van der Waals surface area contributed by atoms with Gasteiger partial charge in [-0.15, -0.1) is 0 Å². The maximum Gasteiger partial charge on any atom is 0.119 e. The predicted molar refractivity (Wildman–Crippen MR) is 118 cm³/mol. The first-order valence-corrected chi connectivity index (χ1v) is 10.3. The summed E-state index contributed by atoms with van der Waals surface area (Å²) in [6.07, 6.45) is 5.63. The van der Waals surface area contributed by atoms with Crippen LogP contribution in [0.5, 0.6) is 5.75 Å². The fourth-order valence-corrected chi connectivity index (χ4v) is 4.34. The van der Waals surface area contributed by atoms with Gasteiger partial charge in [0.2, 0.25) is 0 Å². The largest absolute Gasteiger partial charge is 0.497 e. The van der Waals surface area contributed by atoms with E-state index in [1.54, 1.807) is 7.11 Å². The Morgan fingerprint density at radius 2 is 1.93 bits per heavy atom. The van der Waals surface area contributed by atoms with Crippen molar-refractivity contribution in [1.29, 1.82) is 0 Å². The van der Waals surface area contributed by atoms with Gasteiger partial charge in [0.15, 0.2) is 0 Å². The van der Waals surface area contributed by atoms with Crippen LogP contribution in [0.4, 0.5) is 0 Å². The van der Waals surface area contributed by atoms with Crippen LogP contribution in [0.1, 0.15) is 34.9 Å². The first-order chi connectivity index (χ1) is 14.0. The molecule has 0 fully saturated rings. The lowest BCUT2D eigenvalue weighted by Gasteiger charge is -2.15. The van der Waals surface area contributed by atoms with Gasteiger partial charge < -0.3 is 10.1 Å². The molecule has 0 aliphatic heterocycles. The number of hydrogen-bond acceptors (Lipinski definition) is 3. The highest BCUT2D eigenvalue weighted by Crippen LogP contribution is 2.34. The summed E-state index contributed by atoms with van der Waals surface area (Å²) in [5, 5.41) is 9.22. The second-order valence-electron chi connectivity index (χ2n) is 7.54. The minimum Gasteiger partial charge on any atom is -0.497 e. The van der Waals surface area contributed by atoms with E-state index in [-0.39, 0.29) is 0 Å². The molecule has 1 N–H and O–H groups in total. The third-order valence-electron chi connectivity index (χ3n) is 5.58. The standard InChI is InChI=1S/C24H26ClN3O/c1-16-24(17(2)28(27-16)22-9-11-23(29-3)12-10-22)19-7-8-21(14-19)26-15-18-5-4-6-20(25)13-18/h4-13,19,21,26H,14-15H2,1-3H3/t19-,21-/m1/s1. The summed E-state index contributed by atoms with van der Waals surface area (Å²) in [5.74, 6) is 1.22. The van der Waals surface area contributed by atoms with Gasteiger partial charge in [0.25, 0.3) is 0 Å². The Morgan fingerprint density at radius 3 is 2.66 bits per heavy atom. The van der Waals surface area contributed by atoms with Crippen molar-refractivity contribution >= 4 is 11.6 Å². The topological polar surface area (TPSA) is 39.1 Å². The van der Waals surface area contributed by atoms with E-state index < -0.39 is 0 Å². The number of nitrogens with zero attached hydrogens (tertiary/aromatic N) is 2. The zero-order valence-corrected chi connectivity index (χ0v) is 17.8. The summed E-state index contributed by atoms with van der Waals surface area (Å²) in [7, 11) is 1.68. The summed E-state index contributed by atoms with van der Waals surface area (Å²) < 4.78 is 7.30. The molecule has 0 unspecified atom stereocenters. The Kier molecular flexibility index (Phi) is 5.74. The molecule has 0 spiro atoms. The minimum absolute atomic E-state index is 0.349. The van der Waals surface area contributed by atoms with Crippen LogP contribution >= 0.6 is 11.6 Å². The van der Waals surface area contributed by atoms with E-state index >= 15 is 0 Å². The lowest BCUT2D eigenvalue weighted by atomic mass is 9.96. The van der Waals surface area contributed by atoms with E-state index in [0.717, 1.165) is 35.1 Å². The number of aromatic nitrogens is 2. The van der Waals surface area contributed by atoms with Crippen molar-refractivity contribution < 1.29 is 4.74 Å². The van der Waals surface area contributed by atoms with Gasteiger partial charge in [-0.3, -0.25) is 0 Å². The van der Waals surface area contributed by atoms with Crippen molar-refractivity contribution in [2.45, 2.75) is 38.8 Å². The Bertz CT molecular complexity index is 1020. The van der Waals surface area contributed by atoms with Crippen molar-refractivity contribution in [3.05, 3.63) is 88.2 Å². The van der Waals surface area contributed by atoms with Crippen LogP contribution in [0.2, 0.25) is 5.02 Å².